The molecular weight excluding hydrogens is 456 g/mol. The molecule has 7 nitrogen and oxygen atoms in total. The maximum atomic E-state index is 13.0. The molecule has 8 heteroatoms. The molecule has 4 aromatic rings. The quantitative estimate of drug-likeness (QED) is 0.315. The summed E-state index contributed by atoms with van der Waals surface area (Å²) < 4.78 is 5.66. The van der Waals surface area contributed by atoms with Gasteiger partial charge in [0.2, 0.25) is 0 Å². The molecular formula is C26H18ClN2O5-. The van der Waals surface area contributed by atoms with Crippen LogP contribution in [-0.4, -0.2) is 23.2 Å². The van der Waals surface area contributed by atoms with Gasteiger partial charge in [-0.1, -0.05) is 78.3 Å². The smallest absolute Gasteiger partial charge is 0.281 e. The number of hydrogen-bond acceptors (Lipinski definition) is 6. The summed E-state index contributed by atoms with van der Waals surface area (Å²) >= 11 is 6.17. The third-order valence-corrected chi connectivity index (χ3v) is 5.49. The summed E-state index contributed by atoms with van der Waals surface area (Å²) in [6.45, 7) is 0. The van der Waals surface area contributed by atoms with E-state index in [1.807, 2.05) is 0 Å². The number of carbonyl (C=O) groups excluding carboxylic acids is 2. The molecule has 0 aliphatic rings. The minimum Gasteiger partial charge on any atom is -0.545 e. The van der Waals surface area contributed by atoms with Gasteiger partial charge in [0.25, 0.3) is 5.91 Å². The Balaban J connectivity index is 1.56. The minimum atomic E-state index is -1.97. The van der Waals surface area contributed by atoms with Crippen LogP contribution in [0, 0.1) is 0 Å². The highest BCUT2D eigenvalue weighted by Crippen LogP contribution is 2.31. The van der Waals surface area contributed by atoms with Gasteiger partial charge in [0, 0.05) is 5.56 Å². The molecule has 4 rings (SSSR count). The normalized spacial score (nSPS) is 11.5. The van der Waals surface area contributed by atoms with Crippen molar-refractivity contribution in [3.8, 4) is 11.3 Å². The third-order valence-electron chi connectivity index (χ3n) is 5.16. The zero-order valence-corrected chi connectivity index (χ0v) is 18.4. The van der Waals surface area contributed by atoms with Crippen LogP contribution in [0.15, 0.2) is 101 Å². The van der Waals surface area contributed by atoms with E-state index in [0.29, 0.717) is 27.5 Å². The Labute approximate surface area is 199 Å². The molecule has 0 aliphatic carbocycles. The highest BCUT2D eigenvalue weighted by atomic mass is 35.5. The van der Waals surface area contributed by atoms with Crippen LogP contribution < -0.4 is 10.5 Å². The van der Waals surface area contributed by atoms with E-state index < -0.39 is 17.5 Å². The second kappa shape index (κ2) is 9.74. The summed E-state index contributed by atoms with van der Waals surface area (Å²) in [6.07, 6.45) is 1.26. The van der Waals surface area contributed by atoms with Crippen molar-refractivity contribution < 1.29 is 24.2 Å². The Kier molecular flexibility index (Phi) is 6.58. The molecule has 0 aliphatic heterocycles. The highest BCUT2D eigenvalue weighted by Gasteiger charge is 2.39. The molecule has 0 saturated carbocycles. The van der Waals surface area contributed by atoms with Gasteiger partial charge in [0.15, 0.2) is 5.60 Å². The molecule has 0 atom stereocenters. The lowest BCUT2D eigenvalue weighted by molar-refractivity contribution is -0.255. The predicted molar refractivity (Wildman–Crippen MR) is 125 cm³/mol. The van der Waals surface area contributed by atoms with Gasteiger partial charge in [-0.3, -0.25) is 4.79 Å². The van der Waals surface area contributed by atoms with Gasteiger partial charge in [0.05, 0.1) is 17.2 Å². The van der Waals surface area contributed by atoms with Crippen molar-refractivity contribution in [2.45, 2.75) is 5.60 Å². The molecule has 170 valence electrons. The SMILES string of the molecule is O=C([O-])c1ccc(Cl)c(-c2ccc(/C=N/NC(=O)C(O)(c3ccccc3)c3ccccc3)o2)c1. The molecule has 1 aromatic heterocycles. The number of halogens is 1. The molecule has 0 unspecified atom stereocenters. The molecule has 0 saturated heterocycles. The van der Waals surface area contributed by atoms with Crippen LogP contribution in [0.5, 0.6) is 0 Å². The zero-order chi connectivity index (χ0) is 24.1. The van der Waals surface area contributed by atoms with Gasteiger partial charge >= 0.3 is 0 Å². The lowest BCUT2D eigenvalue weighted by Crippen LogP contribution is -2.43. The van der Waals surface area contributed by atoms with Crippen LogP contribution in [-0.2, 0) is 10.4 Å². The molecule has 0 bridgehead atoms. The molecule has 0 spiro atoms. The Hall–Kier alpha value is -4.20. The standard InChI is InChI=1S/C26H19ClN2O5/c27-22-13-11-17(24(30)31)15-21(22)23-14-12-20(34-23)16-28-29-25(32)26(33,18-7-3-1-4-8-18)19-9-5-2-6-10-19/h1-16,33H,(H,29,32)(H,30,31)/p-1/b28-16+. The Morgan fingerprint density at radius 1 is 0.941 bits per heavy atom. The third kappa shape index (κ3) is 4.61. The summed E-state index contributed by atoms with van der Waals surface area (Å²) in [7, 11) is 0. The number of furan rings is 1. The molecule has 1 amide bonds. The molecule has 0 fully saturated rings. The van der Waals surface area contributed by atoms with E-state index >= 15 is 0 Å². The number of carbonyl (C=O) groups is 2. The summed E-state index contributed by atoms with van der Waals surface area (Å²) in [6, 6.07) is 24.4. The average molecular weight is 474 g/mol. The monoisotopic (exact) mass is 473 g/mol. The van der Waals surface area contributed by atoms with E-state index in [4.69, 9.17) is 16.0 Å². The number of benzene rings is 3. The molecule has 3 aromatic carbocycles. The fourth-order valence-corrected chi connectivity index (χ4v) is 3.64. The zero-order valence-electron chi connectivity index (χ0n) is 17.6. The van der Waals surface area contributed by atoms with Crippen LogP contribution in [0.2, 0.25) is 5.02 Å². The van der Waals surface area contributed by atoms with Crippen molar-refractivity contribution in [2.24, 2.45) is 5.10 Å². The largest absolute Gasteiger partial charge is 0.545 e. The first-order valence-electron chi connectivity index (χ1n) is 10.2. The topological polar surface area (TPSA) is 115 Å². The average Bonchev–Trinajstić information content (AvgIpc) is 3.33. The molecule has 2 N–H and O–H groups in total. The summed E-state index contributed by atoms with van der Waals surface area (Å²) in [4.78, 5) is 24.2. The number of hydrogen-bond donors (Lipinski definition) is 2. The van der Waals surface area contributed by atoms with E-state index in [1.165, 1.54) is 24.4 Å². The van der Waals surface area contributed by atoms with Crippen LogP contribution in [0.4, 0.5) is 0 Å². The number of carboxylic acids is 1. The molecule has 34 heavy (non-hydrogen) atoms. The van der Waals surface area contributed by atoms with Gasteiger partial charge in [-0.05, 0) is 41.0 Å². The van der Waals surface area contributed by atoms with Crippen molar-refractivity contribution in [1.29, 1.82) is 0 Å². The lowest BCUT2D eigenvalue weighted by atomic mass is 9.85. The Morgan fingerprint density at radius 2 is 1.56 bits per heavy atom. The van der Waals surface area contributed by atoms with E-state index in [-0.39, 0.29) is 11.3 Å². The Morgan fingerprint density at radius 3 is 2.15 bits per heavy atom. The number of aromatic carboxylic acids is 1. The van der Waals surface area contributed by atoms with Gasteiger partial charge in [0.1, 0.15) is 11.5 Å². The first-order valence-corrected chi connectivity index (χ1v) is 10.6. The van der Waals surface area contributed by atoms with Crippen molar-refractivity contribution in [2.75, 3.05) is 0 Å². The first kappa shape index (κ1) is 23.0. The number of aliphatic hydroxyl groups is 1. The fraction of sp³-hybridized carbons (Fsp3) is 0.0385. The van der Waals surface area contributed by atoms with Gasteiger partial charge in [-0.15, -0.1) is 0 Å². The molecule has 0 radical (unpaired) electrons. The van der Waals surface area contributed by atoms with Crippen LogP contribution in [0.25, 0.3) is 11.3 Å². The van der Waals surface area contributed by atoms with Crippen LogP contribution in [0.3, 0.4) is 0 Å². The van der Waals surface area contributed by atoms with E-state index in [0.717, 1.165) is 0 Å². The van der Waals surface area contributed by atoms with Gasteiger partial charge in [-0.25, -0.2) is 5.43 Å². The fourth-order valence-electron chi connectivity index (χ4n) is 3.43. The number of hydrazone groups is 1. The number of rotatable bonds is 7. The van der Waals surface area contributed by atoms with E-state index in [9.17, 15) is 19.8 Å². The van der Waals surface area contributed by atoms with Crippen molar-refractivity contribution >= 4 is 29.7 Å². The van der Waals surface area contributed by atoms with Crippen molar-refractivity contribution in [1.82, 2.24) is 5.43 Å². The summed E-state index contributed by atoms with van der Waals surface area (Å²) in [5, 5.41) is 26.7. The van der Waals surface area contributed by atoms with Crippen molar-refractivity contribution in [3.05, 3.63) is 118 Å². The summed E-state index contributed by atoms with van der Waals surface area (Å²) in [5.74, 6) is -1.50. The van der Waals surface area contributed by atoms with Gasteiger partial charge in [-0.2, -0.15) is 5.10 Å². The predicted octanol–water partition coefficient (Wildman–Crippen LogP) is 3.35. The maximum Gasteiger partial charge on any atom is 0.281 e. The van der Waals surface area contributed by atoms with E-state index in [1.54, 1.807) is 72.8 Å². The van der Waals surface area contributed by atoms with E-state index in [2.05, 4.69) is 10.5 Å². The molecule has 1 heterocycles. The van der Waals surface area contributed by atoms with Crippen molar-refractivity contribution in [3.63, 3.8) is 0 Å². The first-order chi connectivity index (χ1) is 16.4. The van der Waals surface area contributed by atoms with Crippen LogP contribution >= 0.6 is 11.6 Å². The van der Waals surface area contributed by atoms with Gasteiger partial charge < -0.3 is 19.4 Å². The number of nitrogens with one attached hydrogen (secondary N) is 1. The second-order valence-corrected chi connectivity index (χ2v) is 7.73. The van der Waals surface area contributed by atoms with Crippen LogP contribution in [0.1, 0.15) is 27.2 Å². The number of amides is 1. The second-order valence-electron chi connectivity index (χ2n) is 7.33. The minimum absolute atomic E-state index is 0.0422. The highest BCUT2D eigenvalue weighted by molar-refractivity contribution is 6.33. The lowest BCUT2D eigenvalue weighted by Gasteiger charge is -2.26. The number of carboxylic acid groups (broad SMARTS) is 1. The Bertz CT molecular complexity index is 1310. The number of nitrogens with zero attached hydrogens (tertiary/aromatic N) is 1. The summed E-state index contributed by atoms with van der Waals surface area (Å²) in [5.41, 5.74) is 1.50. The maximum absolute atomic E-state index is 13.0.